The van der Waals surface area contributed by atoms with E-state index >= 15 is 0 Å². The Morgan fingerprint density at radius 3 is 3.00 bits per heavy atom. The van der Waals surface area contributed by atoms with Crippen molar-refractivity contribution in [1.29, 1.82) is 0 Å². The first-order chi connectivity index (χ1) is 4.33. The molecule has 50 valence electrons. The zero-order chi connectivity index (χ0) is 6.69. The molecule has 0 spiro atoms. The molecule has 0 aliphatic carbocycles. The van der Waals surface area contributed by atoms with Crippen LogP contribution in [-0.2, 0) is 6.54 Å². The molecule has 1 aromatic rings. The van der Waals surface area contributed by atoms with Gasteiger partial charge in [-0.05, 0) is 22.6 Å². The highest BCUT2D eigenvalue weighted by atomic mass is 127. The van der Waals surface area contributed by atoms with Crippen molar-refractivity contribution in [1.82, 2.24) is 9.55 Å². The maximum Gasteiger partial charge on any atom is 0.119 e. The van der Waals surface area contributed by atoms with Gasteiger partial charge in [0, 0.05) is 6.20 Å². The molecule has 0 aliphatic rings. The first-order valence-electron chi connectivity index (χ1n) is 2.56. The minimum Gasteiger partial charge on any atom is -0.334 e. The Morgan fingerprint density at radius 1 is 1.78 bits per heavy atom. The lowest BCUT2D eigenvalue weighted by Gasteiger charge is -1.91. The van der Waals surface area contributed by atoms with E-state index in [2.05, 4.69) is 27.6 Å². The molecule has 9 heavy (non-hydrogen) atoms. The minimum atomic E-state index is -0.327. The summed E-state index contributed by atoms with van der Waals surface area (Å²) in [6.45, 7) is 0.0858. The normalized spacial score (nSPS) is 10.0. The highest BCUT2D eigenvalue weighted by Crippen LogP contribution is 1.98. The lowest BCUT2D eigenvalue weighted by Crippen LogP contribution is -1.94. The largest absolute Gasteiger partial charge is 0.334 e. The molecule has 0 fully saturated rings. The van der Waals surface area contributed by atoms with Gasteiger partial charge < -0.3 is 4.57 Å². The van der Waals surface area contributed by atoms with Gasteiger partial charge in [-0.1, -0.05) is 0 Å². The molecule has 2 nitrogen and oxygen atoms in total. The van der Waals surface area contributed by atoms with Crippen LogP contribution in [0, 0.1) is 3.70 Å². The first-order valence-corrected chi connectivity index (χ1v) is 3.64. The van der Waals surface area contributed by atoms with Gasteiger partial charge in [0.2, 0.25) is 0 Å². The number of halogens is 2. The average Bonchev–Trinajstić information content (AvgIpc) is 2.17. The fraction of sp³-hybridized carbons (Fsp3) is 0.400. The Balaban J connectivity index is 2.61. The maximum atomic E-state index is 11.6. The second-order valence-corrected chi connectivity index (χ2v) is 2.73. The summed E-state index contributed by atoms with van der Waals surface area (Å²) < 4.78 is 14.3. The molecule has 0 atom stereocenters. The number of aryl methyl sites for hydroxylation is 1. The number of nitrogens with zero attached hydrogens (tertiary/aromatic N) is 2. The fourth-order valence-electron chi connectivity index (χ4n) is 0.553. The molecule has 0 saturated heterocycles. The summed E-state index contributed by atoms with van der Waals surface area (Å²) in [5.74, 6) is 0. The maximum absolute atomic E-state index is 11.6. The van der Waals surface area contributed by atoms with Crippen LogP contribution < -0.4 is 0 Å². The van der Waals surface area contributed by atoms with E-state index in [0.717, 1.165) is 3.70 Å². The summed E-state index contributed by atoms with van der Waals surface area (Å²) in [5.41, 5.74) is 0. The molecular formula is C5H6FIN2. The van der Waals surface area contributed by atoms with Crippen LogP contribution in [0.15, 0.2) is 12.5 Å². The van der Waals surface area contributed by atoms with Gasteiger partial charge in [0.05, 0.1) is 12.9 Å². The number of rotatable bonds is 2. The van der Waals surface area contributed by atoms with Gasteiger partial charge in [-0.15, -0.1) is 0 Å². The van der Waals surface area contributed by atoms with Gasteiger partial charge in [-0.2, -0.15) is 0 Å². The fourth-order valence-corrected chi connectivity index (χ4v) is 1.04. The molecule has 0 bridgehead atoms. The second kappa shape index (κ2) is 3.14. The zero-order valence-electron chi connectivity index (χ0n) is 4.72. The molecule has 0 amide bonds. The van der Waals surface area contributed by atoms with Gasteiger partial charge in [-0.3, -0.25) is 0 Å². The van der Waals surface area contributed by atoms with Gasteiger partial charge in [0.1, 0.15) is 10.4 Å². The molecule has 1 aromatic heterocycles. The number of hydrogen-bond donors (Lipinski definition) is 0. The summed E-state index contributed by atoms with van der Waals surface area (Å²) >= 11 is 2.09. The number of aromatic nitrogens is 2. The van der Waals surface area contributed by atoms with Crippen molar-refractivity contribution in [2.45, 2.75) is 6.54 Å². The zero-order valence-corrected chi connectivity index (χ0v) is 6.88. The standard InChI is InChI=1S/C5H6FIN2/c6-1-2-9-3-5(7)8-4-9/h3-4H,1-2H2. The molecule has 0 saturated carbocycles. The molecule has 0 unspecified atom stereocenters. The van der Waals surface area contributed by atoms with E-state index in [-0.39, 0.29) is 6.67 Å². The van der Waals surface area contributed by atoms with Crippen molar-refractivity contribution in [2.75, 3.05) is 6.67 Å². The van der Waals surface area contributed by atoms with Crippen molar-refractivity contribution >= 4 is 22.6 Å². The van der Waals surface area contributed by atoms with E-state index in [9.17, 15) is 4.39 Å². The first kappa shape index (κ1) is 6.98. The molecule has 0 aromatic carbocycles. The van der Waals surface area contributed by atoms with E-state index in [1.165, 1.54) is 0 Å². The van der Waals surface area contributed by atoms with Crippen LogP contribution in [-0.4, -0.2) is 16.2 Å². The number of alkyl halides is 1. The molecule has 0 radical (unpaired) electrons. The summed E-state index contributed by atoms with van der Waals surface area (Å²) in [4.78, 5) is 3.92. The smallest absolute Gasteiger partial charge is 0.119 e. The lowest BCUT2D eigenvalue weighted by molar-refractivity contribution is 0.445. The Labute approximate surface area is 66.2 Å². The van der Waals surface area contributed by atoms with Gasteiger partial charge >= 0.3 is 0 Å². The van der Waals surface area contributed by atoms with Gasteiger partial charge in [0.25, 0.3) is 0 Å². The number of hydrogen-bond acceptors (Lipinski definition) is 1. The quantitative estimate of drug-likeness (QED) is 0.715. The third kappa shape index (κ3) is 1.92. The third-order valence-electron chi connectivity index (χ3n) is 0.944. The predicted octanol–water partition coefficient (Wildman–Crippen LogP) is 1.46. The Kier molecular flexibility index (Phi) is 2.44. The lowest BCUT2D eigenvalue weighted by atomic mass is 10.7. The van der Waals surface area contributed by atoms with Crippen LogP contribution in [0.25, 0.3) is 0 Å². The SMILES string of the molecule is FCCn1cnc(I)c1. The molecular weight excluding hydrogens is 234 g/mol. The highest BCUT2D eigenvalue weighted by Gasteiger charge is 1.91. The predicted molar refractivity (Wildman–Crippen MR) is 40.9 cm³/mol. The Hall–Kier alpha value is -0.130. The van der Waals surface area contributed by atoms with Crippen LogP contribution in [0.4, 0.5) is 4.39 Å². The minimum absolute atomic E-state index is 0.327. The van der Waals surface area contributed by atoms with Crippen molar-refractivity contribution in [3.63, 3.8) is 0 Å². The Bertz CT molecular complexity index is 187. The van der Waals surface area contributed by atoms with Crippen LogP contribution in [0.3, 0.4) is 0 Å². The van der Waals surface area contributed by atoms with E-state index in [0.29, 0.717) is 6.54 Å². The van der Waals surface area contributed by atoms with Crippen molar-refractivity contribution in [3.8, 4) is 0 Å². The molecule has 0 N–H and O–H groups in total. The molecule has 1 heterocycles. The second-order valence-electron chi connectivity index (χ2n) is 1.62. The molecule has 0 aliphatic heterocycles. The third-order valence-corrected chi connectivity index (χ3v) is 1.50. The highest BCUT2D eigenvalue weighted by molar-refractivity contribution is 14.1. The van der Waals surface area contributed by atoms with Crippen LogP contribution in [0.5, 0.6) is 0 Å². The number of imidazole rings is 1. The summed E-state index contributed by atoms with van der Waals surface area (Å²) in [7, 11) is 0. The Morgan fingerprint density at radius 2 is 2.56 bits per heavy atom. The summed E-state index contributed by atoms with van der Waals surface area (Å²) in [6, 6.07) is 0. The summed E-state index contributed by atoms with van der Waals surface area (Å²) in [5, 5.41) is 0. The van der Waals surface area contributed by atoms with E-state index in [1.54, 1.807) is 17.1 Å². The van der Waals surface area contributed by atoms with Crippen molar-refractivity contribution in [3.05, 3.63) is 16.2 Å². The van der Waals surface area contributed by atoms with E-state index in [1.807, 2.05) is 0 Å². The van der Waals surface area contributed by atoms with Crippen molar-refractivity contribution < 1.29 is 4.39 Å². The summed E-state index contributed by atoms with van der Waals surface area (Å²) in [6.07, 6.45) is 3.43. The van der Waals surface area contributed by atoms with Crippen LogP contribution >= 0.6 is 22.6 Å². The van der Waals surface area contributed by atoms with E-state index < -0.39 is 0 Å². The van der Waals surface area contributed by atoms with Crippen LogP contribution in [0.2, 0.25) is 0 Å². The van der Waals surface area contributed by atoms with Crippen LogP contribution in [0.1, 0.15) is 0 Å². The topological polar surface area (TPSA) is 17.8 Å². The van der Waals surface area contributed by atoms with Gasteiger partial charge in [0.15, 0.2) is 0 Å². The molecule has 1 rings (SSSR count). The average molecular weight is 240 g/mol. The molecule has 4 heteroatoms. The van der Waals surface area contributed by atoms with Crippen molar-refractivity contribution in [2.24, 2.45) is 0 Å². The van der Waals surface area contributed by atoms with Gasteiger partial charge in [-0.25, -0.2) is 9.37 Å². The monoisotopic (exact) mass is 240 g/mol. The van der Waals surface area contributed by atoms with E-state index in [4.69, 9.17) is 0 Å².